The quantitative estimate of drug-likeness (QED) is 0.870. The van der Waals surface area contributed by atoms with Gasteiger partial charge in [-0.25, -0.2) is 4.98 Å². The van der Waals surface area contributed by atoms with Gasteiger partial charge in [-0.3, -0.25) is 0 Å². The van der Waals surface area contributed by atoms with E-state index >= 15 is 0 Å². The molecule has 1 N–H and O–H groups in total. The summed E-state index contributed by atoms with van der Waals surface area (Å²) in [6.07, 6.45) is 0. The van der Waals surface area contributed by atoms with E-state index in [-0.39, 0.29) is 11.5 Å². The average molecular weight is 280 g/mol. The van der Waals surface area contributed by atoms with Crippen LogP contribution in [0.2, 0.25) is 0 Å². The molecule has 1 atom stereocenters. The van der Waals surface area contributed by atoms with Crippen LogP contribution in [-0.2, 0) is 6.54 Å². The van der Waals surface area contributed by atoms with Gasteiger partial charge in [0.05, 0.1) is 17.7 Å². The Bertz CT molecular complexity index is 427. The molecule has 0 aliphatic carbocycles. The molecule has 1 unspecified atom stereocenters. The Morgan fingerprint density at radius 2 is 2.21 bits per heavy atom. The summed E-state index contributed by atoms with van der Waals surface area (Å²) in [6.45, 7) is 12.9. The zero-order chi connectivity index (χ0) is 14.5. The van der Waals surface area contributed by atoms with Crippen molar-refractivity contribution in [1.82, 2.24) is 10.3 Å². The maximum Gasteiger partial charge on any atom is 0.185 e. The molecular formula is C14H24N4S. The SMILES string of the molecule is CCN(CC(C)C#N)c1nc(CNC(C)(C)C)cs1. The van der Waals surface area contributed by atoms with Gasteiger partial charge in [0, 0.05) is 30.6 Å². The van der Waals surface area contributed by atoms with Gasteiger partial charge in [0.25, 0.3) is 0 Å². The maximum absolute atomic E-state index is 8.90. The minimum atomic E-state index is 0.0278. The number of rotatable bonds is 6. The molecule has 4 nitrogen and oxygen atoms in total. The number of nitrogens with zero attached hydrogens (tertiary/aromatic N) is 3. The average Bonchev–Trinajstić information content (AvgIpc) is 2.81. The summed E-state index contributed by atoms with van der Waals surface area (Å²) in [7, 11) is 0. The molecule has 5 heteroatoms. The fourth-order valence-electron chi connectivity index (χ4n) is 1.59. The first kappa shape index (κ1) is 15.9. The van der Waals surface area contributed by atoms with Crippen LogP contribution in [0.25, 0.3) is 0 Å². The van der Waals surface area contributed by atoms with Crippen LogP contribution in [0, 0.1) is 17.2 Å². The Morgan fingerprint density at radius 3 is 2.74 bits per heavy atom. The molecule has 0 bridgehead atoms. The molecule has 1 aromatic rings. The smallest absolute Gasteiger partial charge is 0.185 e. The van der Waals surface area contributed by atoms with Crippen LogP contribution in [0.5, 0.6) is 0 Å². The van der Waals surface area contributed by atoms with Crippen LogP contribution in [-0.4, -0.2) is 23.6 Å². The summed E-state index contributed by atoms with van der Waals surface area (Å²) in [6, 6.07) is 2.27. The first-order chi connectivity index (χ1) is 8.85. The lowest BCUT2D eigenvalue weighted by molar-refractivity contribution is 0.422. The third-order valence-corrected chi connectivity index (χ3v) is 3.66. The fourth-order valence-corrected chi connectivity index (χ4v) is 2.49. The molecule has 1 aromatic heterocycles. The van der Waals surface area contributed by atoms with E-state index in [1.807, 2.05) is 6.92 Å². The Morgan fingerprint density at radius 1 is 1.53 bits per heavy atom. The van der Waals surface area contributed by atoms with Gasteiger partial charge in [0.1, 0.15) is 0 Å². The van der Waals surface area contributed by atoms with Gasteiger partial charge >= 0.3 is 0 Å². The van der Waals surface area contributed by atoms with E-state index in [0.29, 0.717) is 0 Å². The standard InChI is InChI=1S/C14H24N4S/c1-6-18(9-11(2)7-15)13-17-12(10-19-13)8-16-14(3,4)5/h10-11,16H,6,8-9H2,1-5H3. The van der Waals surface area contributed by atoms with E-state index < -0.39 is 0 Å². The largest absolute Gasteiger partial charge is 0.347 e. The number of nitriles is 1. The number of thiazole rings is 1. The van der Waals surface area contributed by atoms with Crippen LogP contribution >= 0.6 is 11.3 Å². The van der Waals surface area contributed by atoms with Crippen LogP contribution in [0.1, 0.15) is 40.3 Å². The van der Waals surface area contributed by atoms with Crippen molar-refractivity contribution in [2.45, 2.75) is 46.7 Å². The van der Waals surface area contributed by atoms with Crippen molar-refractivity contribution in [2.24, 2.45) is 5.92 Å². The summed E-state index contributed by atoms with van der Waals surface area (Å²) in [5.41, 5.74) is 1.17. The zero-order valence-corrected chi connectivity index (χ0v) is 13.3. The molecule has 0 aromatic carbocycles. The number of hydrogen-bond acceptors (Lipinski definition) is 5. The third-order valence-electron chi connectivity index (χ3n) is 2.71. The highest BCUT2D eigenvalue weighted by Crippen LogP contribution is 2.21. The minimum absolute atomic E-state index is 0.0278. The number of anilines is 1. The van der Waals surface area contributed by atoms with Gasteiger partial charge in [0.2, 0.25) is 0 Å². The van der Waals surface area contributed by atoms with E-state index in [4.69, 9.17) is 5.26 Å². The molecule has 0 saturated carbocycles. The molecule has 1 rings (SSSR count). The Labute approximate surface area is 120 Å². The Hall–Kier alpha value is -1.12. The predicted octanol–water partition coefficient (Wildman–Crippen LogP) is 3.02. The van der Waals surface area contributed by atoms with Crippen molar-refractivity contribution in [3.63, 3.8) is 0 Å². The third kappa shape index (κ3) is 5.58. The molecule has 0 radical (unpaired) electrons. The molecule has 1 heterocycles. The first-order valence-corrected chi connectivity index (χ1v) is 7.57. The maximum atomic E-state index is 8.90. The number of hydrogen-bond donors (Lipinski definition) is 1. The van der Waals surface area contributed by atoms with Gasteiger partial charge in [-0.05, 0) is 34.6 Å². The molecule has 0 fully saturated rings. The van der Waals surface area contributed by atoms with E-state index in [2.05, 4.69) is 54.3 Å². The molecule has 0 spiro atoms. The van der Waals surface area contributed by atoms with Gasteiger partial charge in [-0.2, -0.15) is 5.26 Å². The lowest BCUT2D eigenvalue weighted by Crippen LogP contribution is -2.35. The lowest BCUT2D eigenvalue weighted by atomic mass is 10.1. The zero-order valence-electron chi connectivity index (χ0n) is 12.5. The van der Waals surface area contributed by atoms with Crippen molar-refractivity contribution >= 4 is 16.5 Å². The topological polar surface area (TPSA) is 52.0 Å². The second-order valence-corrected chi connectivity index (χ2v) is 6.63. The summed E-state index contributed by atoms with van der Waals surface area (Å²) < 4.78 is 0. The van der Waals surface area contributed by atoms with Crippen LogP contribution in [0.4, 0.5) is 5.13 Å². The van der Waals surface area contributed by atoms with Crippen molar-refractivity contribution in [3.05, 3.63) is 11.1 Å². The fraction of sp³-hybridized carbons (Fsp3) is 0.714. The Balaban J connectivity index is 2.64. The number of nitrogens with one attached hydrogen (secondary N) is 1. The van der Waals surface area contributed by atoms with Gasteiger partial charge in [0.15, 0.2) is 5.13 Å². The number of aromatic nitrogens is 1. The van der Waals surface area contributed by atoms with Crippen LogP contribution < -0.4 is 10.2 Å². The van der Waals surface area contributed by atoms with E-state index in [9.17, 15) is 0 Å². The first-order valence-electron chi connectivity index (χ1n) is 6.69. The van der Waals surface area contributed by atoms with Crippen molar-refractivity contribution in [1.29, 1.82) is 5.26 Å². The molecule has 0 saturated heterocycles. The van der Waals surface area contributed by atoms with Crippen LogP contribution in [0.15, 0.2) is 5.38 Å². The van der Waals surface area contributed by atoms with Crippen molar-refractivity contribution in [3.8, 4) is 6.07 Å². The highest BCUT2D eigenvalue weighted by molar-refractivity contribution is 7.13. The van der Waals surface area contributed by atoms with Gasteiger partial charge in [-0.1, -0.05) is 0 Å². The second kappa shape index (κ2) is 6.88. The summed E-state index contributed by atoms with van der Waals surface area (Å²) in [5, 5.41) is 15.4. The monoisotopic (exact) mass is 280 g/mol. The highest BCUT2D eigenvalue weighted by atomic mass is 32.1. The van der Waals surface area contributed by atoms with E-state index in [1.165, 1.54) is 0 Å². The summed E-state index contributed by atoms with van der Waals surface area (Å²) in [4.78, 5) is 6.81. The van der Waals surface area contributed by atoms with Gasteiger partial charge in [-0.15, -0.1) is 11.3 Å². The minimum Gasteiger partial charge on any atom is -0.347 e. The van der Waals surface area contributed by atoms with E-state index in [0.717, 1.165) is 30.5 Å². The molecular weight excluding hydrogens is 256 g/mol. The van der Waals surface area contributed by atoms with Gasteiger partial charge < -0.3 is 10.2 Å². The van der Waals surface area contributed by atoms with Crippen LogP contribution in [0.3, 0.4) is 0 Å². The van der Waals surface area contributed by atoms with Crippen molar-refractivity contribution < 1.29 is 0 Å². The normalized spacial score (nSPS) is 13.1. The summed E-state index contributed by atoms with van der Waals surface area (Å²) in [5.74, 6) is 0.0278. The lowest BCUT2D eigenvalue weighted by Gasteiger charge is -2.21. The Kier molecular flexibility index (Phi) is 5.77. The molecule has 106 valence electrons. The second-order valence-electron chi connectivity index (χ2n) is 5.79. The molecule has 0 aliphatic rings. The molecule has 0 amide bonds. The highest BCUT2D eigenvalue weighted by Gasteiger charge is 2.14. The van der Waals surface area contributed by atoms with E-state index in [1.54, 1.807) is 11.3 Å². The predicted molar refractivity (Wildman–Crippen MR) is 81.4 cm³/mol. The van der Waals surface area contributed by atoms with Crippen molar-refractivity contribution in [2.75, 3.05) is 18.0 Å². The molecule has 0 aliphatic heterocycles. The summed E-state index contributed by atoms with van der Waals surface area (Å²) >= 11 is 1.65. The molecule has 19 heavy (non-hydrogen) atoms.